The third-order valence-electron chi connectivity index (χ3n) is 2.75. The Kier molecular flexibility index (Phi) is 4.55. The molecule has 0 spiro atoms. The second-order valence-electron chi connectivity index (χ2n) is 5.79. The van der Waals surface area contributed by atoms with E-state index in [9.17, 15) is 5.11 Å². The van der Waals surface area contributed by atoms with Crippen molar-refractivity contribution in [3.8, 4) is 0 Å². The SMILES string of the molecule is CCc1ccc(CC(O)CC(C)(C)C)cc1. The number of rotatable bonds is 4. The first kappa shape index (κ1) is 13.2. The monoisotopic (exact) mass is 220 g/mol. The molecule has 0 aliphatic heterocycles. The number of aliphatic hydroxyl groups excluding tert-OH is 1. The minimum atomic E-state index is -0.229. The number of hydrogen-bond donors (Lipinski definition) is 1. The van der Waals surface area contributed by atoms with Crippen LogP contribution >= 0.6 is 0 Å². The van der Waals surface area contributed by atoms with E-state index < -0.39 is 0 Å². The molecule has 1 nitrogen and oxygen atoms in total. The second-order valence-corrected chi connectivity index (χ2v) is 5.79. The first-order chi connectivity index (χ1) is 7.40. The van der Waals surface area contributed by atoms with Gasteiger partial charge in [-0.3, -0.25) is 0 Å². The summed E-state index contributed by atoms with van der Waals surface area (Å²) in [6.45, 7) is 8.65. The van der Waals surface area contributed by atoms with Crippen LogP contribution in [0, 0.1) is 5.41 Å². The van der Waals surface area contributed by atoms with Crippen molar-refractivity contribution in [1.29, 1.82) is 0 Å². The third-order valence-corrected chi connectivity index (χ3v) is 2.75. The molecule has 0 saturated heterocycles. The Labute approximate surface area is 99.5 Å². The molecule has 0 saturated carbocycles. The fourth-order valence-electron chi connectivity index (χ4n) is 1.96. The van der Waals surface area contributed by atoms with Crippen LogP contribution in [-0.4, -0.2) is 11.2 Å². The van der Waals surface area contributed by atoms with E-state index in [2.05, 4.69) is 52.0 Å². The summed E-state index contributed by atoms with van der Waals surface area (Å²) in [5.41, 5.74) is 2.78. The van der Waals surface area contributed by atoms with E-state index in [1.807, 2.05) is 0 Å². The lowest BCUT2D eigenvalue weighted by molar-refractivity contribution is 0.121. The maximum atomic E-state index is 9.96. The molecule has 0 aromatic heterocycles. The van der Waals surface area contributed by atoms with Crippen molar-refractivity contribution in [2.24, 2.45) is 5.41 Å². The van der Waals surface area contributed by atoms with Crippen LogP contribution in [0.3, 0.4) is 0 Å². The zero-order valence-corrected chi connectivity index (χ0v) is 11.0. The Morgan fingerprint density at radius 1 is 1.06 bits per heavy atom. The van der Waals surface area contributed by atoms with Crippen LogP contribution in [0.2, 0.25) is 0 Å². The Morgan fingerprint density at radius 2 is 1.56 bits per heavy atom. The number of hydrogen-bond acceptors (Lipinski definition) is 1. The average Bonchev–Trinajstić information content (AvgIpc) is 2.16. The van der Waals surface area contributed by atoms with Crippen LogP contribution in [0.1, 0.15) is 45.2 Å². The summed E-state index contributed by atoms with van der Waals surface area (Å²) in [6.07, 6.45) is 2.46. The predicted molar refractivity (Wildman–Crippen MR) is 69.6 cm³/mol. The van der Waals surface area contributed by atoms with Gasteiger partial charge in [-0.05, 0) is 35.8 Å². The van der Waals surface area contributed by atoms with Crippen LogP contribution in [0.4, 0.5) is 0 Å². The van der Waals surface area contributed by atoms with Gasteiger partial charge in [-0.2, -0.15) is 0 Å². The molecule has 1 heteroatoms. The Hall–Kier alpha value is -0.820. The molecule has 1 aromatic carbocycles. The number of aryl methyl sites for hydroxylation is 1. The molecule has 0 heterocycles. The highest BCUT2D eigenvalue weighted by molar-refractivity contribution is 5.22. The van der Waals surface area contributed by atoms with Crippen LogP contribution < -0.4 is 0 Å². The van der Waals surface area contributed by atoms with Gasteiger partial charge in [0, 0.05) is 0 Å². The van der Waals surface area contributed by atoms with Crippen LogP contribution in [0.5, 0.6) is 0 Å². The summed E-state index contributed by atoms with van der Waals surface area (Å²) in [4.78, 5) is 0. The summed E-state index contributed by atoms with van der Waals surface area (Å²) in [7, 11) is 0. The predicted octanol–water partition coefficient (Wildman–Crippen LogP) is 3.59. The molecular formula is C15H24O. The molecule has 0 aliphatic carbocycles. The quantitative estimate of drug-likeness (QED) is 0.822. The van der Waals surface area contributed by atoms with Crippen LogP contribution in [0.15, 0.2) is 24.3 Å². The van der Waals surface area contributed by atoms with E-state index in [4.69, 9.17) is 0 Å². The van der Waals surface area contributed by atoms with Crippen molar-refractivity contribution >= 4 is 0 Å². The van der Waals surface area contributed by atoms with Gasteiger partial charge in [0.15, 0.2) is 0 Å². The number of aliphatic hydroxyl groups is 1. The van der Waals surface area contributed by atoms with E-state index in [0.29, 0.717) is 0 Å². The van der Waals surface area contributed by atoms with Crippen molar-refractivity contribution < 1.29 is 5.11 Å². The third kappa shape index (κ3) is 4.80. The van der Waals surface area contributed by atoms with Gasteiger partial charge in [-0.1, -0.05) is 52.0 Å². The molecule has 1 unspecified atom stereocenters. The second kappa shape index (κ2) is 5.49. The van der Waals surface area contributed by atoms with Crippen molar-refractivity contribution in [3.63, 3.8) is 0 Å². The minimum Gasteiger partial charge on any atom is -0.393 e. The number of benzene rings is 1. The van der Waals surface area contributed by atoms with E-state index >= 15 is 0 Å². The van der Waals surface area contributed by atoms with Gasteiger partial charge in [0.05, 0.1) is 6.10 Å². The fourth-order valence-corrected chi connectivity index (χ4v) is 1.96. The molecule has 0 amide bonds. The molecule has 0 bridgehead atoms. The smallest absolute Gasteiger partial charge is 0.0585 e. The molecule has 16 heavy (non-hydrogen) atoms. The van der Waals surface area contributed by atoms with Crippen LogP contribution in [-0.2, 0) is 12.8 Å². The van der Waals surface area contributed by atoms with Crippen LogP contribution in [0.25, 0.3) is 0 Å². The van der Waals surface area contributed by atoms with Gasteiger partial charge in [-0.15, -0.1) is 0 Å². The molecule has 0 radical (unpaired) electrons. The van der Waals surface area contributed by atoms with E-state index in [-0.39, 0.29) is 11.5 Å². The summed E-state index contributed by atoms with van der Waals surface area (Å²) in [5.74, 6) is 0. The lowest BCUT2D eigenvalue weighted by Crippen LogP contribution is -2.19. The lowest BCUT2D eigenvalue weighted by atomic mass is 9.87. The molecule has 0 aliphatic rings. The largest absolute Gasteiger partial charge is 0.393 e. The first-order valence-electron chi connectivity index (χ1n) is 6.16. The van der Waals surface area contributed by atoms with E-state index in [0.717, 1.165) is 19.3 Å². The minimum absolute atomic E-state index is 0.197. The van der Waals surface area contributed by atoms with E-state index in [1.54, 1.807) is 0 Å². The summed E-state index contributed by atoms with van der Waals surface area (Å²) < 4.78 is 0. The normalized spacial score (nSPS) is 13.8. The molecule has 90 valence electrons. The van der Waals surface area contributed by atoms with Crippen molar-refractivity contribution in [1.82, 2.24) is 0 Å². The van der Waals surface area contributed by atoms with Crippen molar-refractivity contribution in [3.05, 3.63) is 35.4 Å². The highest BCUT2D eigenvalue weighted by Crippen LogP contribution is 2.22. The van der Waals surface area contributed by atoms with Gasteiger partial charge in [-0.25, -0.2) is 0 Å². The lowest BCUT2D eigenvalue weighted by Gasteiger charge is -2.22. The van der Waals surface area contributed by atoms with Gasteiger partial charge >= 0.3 is 0 Å². The van der Waals surface area contributed by atoms with Crippen molar-refractivity contribution in [2.45, 2.75) is 53.1 Å². The summed E-state index contributed by atoms with van der Waals surface area (Å²) >= 11 is 0. The Bertz CT molecular complexity index is 305. The molecule has 0 fully saturated rings. The molecule has 1 N–H and O–H groups in total. The zero-order valence-electron chi connectivity index (χ0n) is 11.0. The van der Waals surface area contributed by atoms with Gasteiger partial charge < -0.3 is 5.11 Å². The summed E-state index contributed by atoms with van der Waals surface area (Å²) in [5, 5.41) is 9.96. The highest BCUT2D eigenvalue weighted by Gasteiger charge is 2.16. The molecule has 1 rings (SSSR count). The highest BCUT2D eigenvalue weighted by atomic mass is 16.3. The molecule has 1 atom stereocenters. The Balaban J connectivity index is 2.53. The summed E-state index contributed by atoms with van der Waals surface area (Å²) in [6, 6.07) is 8.56. The Morgan fingerprint density at radius 3 is 2.00 bits per heavy atom. The average molecular weight is 220 g/mol. The standard InChI is InChI=1S/C15H24O/c1-5-12-6-8-13(9-7-12)10-14(16)11-15(2,3)4/h6-9,14,16H,5,10-11H2,1-4H3. The maximum Gasteiger partial charge on any atom is 0.0585 e. The molecule has 1 aromatic rings. The van der Waals surface area contributed by atoms with Crippen molar-refractivity contribution in [2.75, 3.05) is 0 Å². The van der Waals surface area contributed by atoms with Gasteiger partial charge in [0.25, 0.3) is 0 Å². The van der Waals surface area contributed by atoms with E-state index in [1.165, 1.54) is 11.1 Å². The van der Waals surface area contributed by atoms with Gasteiger partial charge in [0.1, 0.15) is 0 Å². The fraction of sp³-hybridized carbons (Fsp3) is 0.600. The molecular weight excluding hydrogens is 196 g/mol. The maximum absolute atomic E-state index is 9.96. The van der Waals surface area contributed by atoms with Gasteiger partial charge in [0.2, 0.25) is 0 Å². The first-order valence-corrected chi connectivity index (χ1v) is 6.16. The zero-order chi connectivity index (χ0) is 12.2. The topological polar surface area (TPSA) is 20.2 Å².